The summed E-state index contributed by atoms with van der Waals surface area (Å²) in [5.41, 5.74) is 2.04. The van der Waals surface area contributed by atoms with Crippen LogP contribution in [0.3, 0.4) is 0 Å². The van der Waals surface area contributed by atoms with Gasteiger partial charge in [0.2, 0.25) is 0 Å². The second-order valence-corrected chi connectivity index (χ2v) is 3.13. The lowest BCUT2D eigenvalue weighted by Gasteiger charge is -2.08. The van der Waals surface area contributed by atoms with E-state index in [0.29, 0.717) is 10.6 Å². The predicted molar refractivity (Wildman–Crippen MR) is 56.6 cm³/mol. The van der Waals surface area contributed by atoms with E-state index in [1.807, 2.05) is 23.8 Å². The molecule has 0 unspecified atom stereocenters. The summed E-state index contributed by atoms with van der Waals surface area (Å²) in [5.74, 6) is 0.652. The van der Waals surface area contributed by atoms with Gasteiger partial charge in [-0.3, -0.25) is 0 Å². The number of benzene rings is 1. The number of ether oxygens (including phenoxy) is 1. The topological polar surface area (TPSA) is 70.8 Å². The van der Waals surface area contributed by atoms with E-state index in [1.165, 1.54) is 7.11 Å². The van der Waals surface area contributed by atoms with E-state index >= 15 is 0 Å². The minimum atomic E-state index is -0.889. The lowest BCUT2D eigenvalue weighted by molar-refractivity contribution is -0.662. The molecule has 0 amide bonds. The van der Waals surface area contributed by atoms with Crippen LogP contribution in [0.2, 0.25) is 0 Å². The molecule has 0 aliphatic carbocycles. The van der Waals surface area contributed by atoms with Crippen molar-refractivity contribution in [3.63, 3.8) is 0 Å². The van der Waals surface area contributed by atoms with E-state index in [9.17, 15) is 10.0 Å². The molecular weight excluding hydrogens is 212 g/mol. The van der Waals surface area contributed by atoms with E-state index < -0.39 is 6.10 Å². The van der Waals surface area contributed by atoms with Gasteiger partial charge in [-0.2, -0.15) is 0 Å². The molecule has 0 saturated heterocycles. The molecule has 0 spiro atoms. The quantitative estimate of drug-likeness (QED) is 0.517. The molecule has 16 heavy (non-hydrogen) atoms. The Morgan fingerprint density at radius 2 is 2.12 bits per heavy atom. The van der Waals surface area contributed by atoms with Gasteiger partial charge in [-0.15, -0.1) is 0 Å². The average Bonchev–Trinajstić information content (AvgIpc) is 2.28. The highest BCUT2D eigenvalue weighted by Gasteiger charge is 2.17. The zero-order valence-electron chi connectivity index (χ0n) is 9.00. The minimum absolute atomic E-state index is 0.0497. The maximum absolute atomic E-state index is 10.9. The molecule has 0 radical (unpaired) electrons. The van der Waals surface area contributed by atoms with Crippen LogP contribution in [0.1, 0.15) is 0 Å². The Morgan fingerprint density at radius 3 is 2.75 bits per heavy atom. The Balaban J connectivity index is 2.25. The first-order chi connectivity index (χ1) is 7.72. The second-order valence-electron chi connectivity index (χ2n) is 3.13. The van der Waals surface area contributed by atoms with E-state index in [1.54, 1.807) is 12.1 Å². The van der Waals surface area contributed by atoms with Crippen LogP contribution in [0.5, 0.6) is 5.75 Å². The zero-order chi connectivity index (χ0) is 11.8. The molecule has 88 valence electrons. The molecule has 0 fully saturated rings. The van der Waals surface area contributed by atoms with Gasteiger partial charge < -0.3 is 9.84 Å². The van der Waals surface area contributed by atoms with E-state index in [4.69, 9.17) is 4.74 Å². The van der Waals surface area contributed by atoms with Gasteiger partial charge in [-0.05, 0) is 17.7 Å². The van der Waals surface area contributed by atoms with Crippen LogP contribution >= 0.6 is 0 Å². The number of hydrogen-bond acceptors (Lipinski definition) is 4. The zero-order valence-corrected chi connectivity index (χ0v) is 9.00. The summed E-state index contributed by atoms with van der Waals surface area (Å²) in [5, 5.41) is 9.45. The van der Waals surface area contributed by atoms with E-state index in [-0.39, 0.29) is 13.2 Å². The van der Waals surface area contributed by atoms with Crippen LogP contribution < -0.4 is 10.3 Å². The Kier molecular flexibility index (Phi) is 5.24. The highest BCUT2D eigenvalue weighted by atomic mass is 16.7. The molecule has 1 aromatic carbocycles. The van der Waals surface area contributed by atoms with E-state index in [0.717, 1.165) is 0 Å². The third kappa shape index (κ3) is 4.72. The monoisotopic (exact) mass is 227 g/mol. The summed E-state index contributed by atoms with van der Waals surface area (Å²) in [6, 6.07) is 9.07. The number of nitrogens with one attached hydrogen (secondary N) is 1. The number of aliphatic hydroxyl groups excluding tert-OH is 1. The molecule has 6 heteroatoms. The third-order valence-corrected chi connectivity index (χ3v) is 1.76. The highest BCUT2D eigenvalue weighted by molar-refractivity contribution is 5.20. The third-order valence-electron chi connectivity index (χ3n) is 1.76. The average molecular weight is 227 g/mol. The largest absolute Gasteiger partial charge is 0.491 e. The van der Waals surface area contributed by atoms with Crippen molar-refractivity contribution in [2.24, 2.45) is 0 Å². The van der Waals surface area contributed by atoms with Gasteiger partial charge in [0.1, 0.15) is 17.2 Å². The van der Waals surface area contributed by atoms with Crippen LogP contribution in [0.25, 0.3) is 0 Å². The molecule has 1 atom stereocenters. The van der Waals surface area contributed by atoms with E-state index in [2.05, 4.69) is 4.84 Å². The standard InChI is InChI=1S/C10H15N2O4/c1-15-11-12(14)7-9(13)8-16-10-5-3-2-4-6-10/h2-6,9,13H,7-8H2,1H3,(H,11,14)/q+1/t9-/m0/s1. The fraction of sp³-hybridized carbons (Fsp3) is 0.400. The first-order valence-electron chi connectivity index (χ1n) is 4.81. The number of hydrazine groups is 1. The van der Waals surface area contributed by atoms with Gasteiger partial charge in [0.15, 0.2) is 6.10 Å². The lowest BCUT2D eigenvalue weighted by atomic mass is 10.3. The number of hydrogen-bond donors (Lipinski definition) is 2. The summed E-state index contributed by atoms with van der Waals surface area (Å²) in [6.45, 7) is -0.0885. The Morgan fingerprint density at radius 1 is 1.44 bits per heavy atom. The maximum Gasteiger partial charge on any atom is 0.256 e. The SMILES string of the molecule is CON[N+](=O)C[C@H](O)COc1ccccc1. The number of nitroso groups, excluding NO2 is 1. The summed E-state index contributed by atoms with van der Waals surface area (Å²) >= 11 is 0. The molecule has 0 aromatic heterocycles. The predicted octanol–water partition coefficient (Wildman–Crippen LogP) is 0.271. The molecule has 1 aromatic rings. The highest BCUT2D eigenvalue weighted by Crippen LogP contribution is 2.08. The van der Waals surface area contributed by atoms with Gasteiger partial charge in [0, 0.05) is 0 Å². The summed E-state index contributed by atoms with van der Waals surface area (Å²) < 4.78 is 5.26. The number of aliphatic hydroxyl groups is 1. The van der Waals surface area contributed by atoms with Crippen molar-refractivity contribution in [2.45, 2.75) is 6.10 Å². The van der Waals surface area contributed by atoms with Crippen molar-refractivity contribution in [3.8, 4) is 5.75 Å². The summed E-state index contributed by atoms with van der Waals surface area (Å²) in [6.07, 6.45) is -0.889. The van der Waals surface area contributed by atoms with Gasteiger partial charge in [-0.25, -0.2) is 4.84 Å². The number of rotatable bonds is 7. The molecule has 0 aliphatic heterocycles. The molecule has 2 N–H and O–H groups in total. The van der Waals surface area contributed by atoms with Crippen molar-refractivity contribution >= 4 is 0 Å². The molecular formula is C10H15N2O4+. The smallest absolute Gasteiger partial charge is 0.256 e. The molecule has 0 heterocycles. The Bertz CT molecular complexity index is 318. The number of para-hydroxylation sites is 1. The molecule has 6 nitrogen and oxygen atoms in total. The van der Waals surface area contributed by atoms with Crippen LogP contribution in [0.4, 0.5) is 0 Å². The lowest BCUT2D eigenvalue weighted by Crippen LogP contribution is -2.35. The molecule has 1 rings (SSSR count). The van der Waals surface area contributed by atoms with Gasteiger partial charge >= 0.3 is 0 Å². The van der Waals surface area contributed by atoms with Crippen LogP contribution in [0.15, 0.2) is 30.3 Å². The number of nitrogens with zero attached hydrogens (tertiary/aromatic N) is 1. The van der Waals surface area contributed by atoms with Crippen molar-refractivity contribution in [2.75, 3.05) is 20.3 Å². The first-order valence-corrected chi connectivity index (χ1v) is 4.81. The van der Waals surface area contributed by atoms with Crippen LogP contribution in [-0.2, 0) is 4.84 Å². The van der Waals surface area contributed by atoms with Gasteiger partial charge in [-0.1, -0.05) is 18.2 Å². The minimum Gasteiger partial charge on any atom is -0.491 e. The summed E-state index contributed by atoms with van der Waals surface area (Å²) in [7, 11) is 1.32. The molecule has 0 aliphatic rings. The van der Waals surface area contributed by atoms with Gasteiger partial charge in [0.05, 0.1) is 12.0 Å². The summed E-state index contributed by atoms with van der Waals surface area (Å²) in [4.78, 5) is 15.7. The fourth-order valence-electron chi connectivity index (χ4n) is 1.09. The fourth-order valence-corrected chi connectivity index (χ4v) is 1.09. The second kappa shape index (κ2) is 6.76. The van der Waals surface area contributed by atoms with Crippen LogP contribution in [-0.4, -0.2) is 36.3 Å². The van der Waals surface area contributed by atoms with Crippen molar-refractivity contribution < 1.29 is 19.5 Å². The van der Waals surface area contributed by atoms with Crippen molar-refractivity contribution in [1.29, 1.82) is 0 Å². The molecule has 0 saturated carbocycles. The maximum atomic E-state index is 10.9. The van der Waals surface area contributed by atoms with Gasteiger partial charge in [0.25, 0.3) is 6.54 Å². The Hall–Kier alpha value is -1.66. The first kappa shape index (κ1) is 12.4. The van der Waals surface area contributed by atoms with Crippen LogP contribution in [0, 0.1) is 4.91 Å². The Labute approximate surface area is 93.3 Å². The normalized spacial score (nSPS) is 11.9. The van der Waals surface area contributed by atoms with Crippen molar-refractivity contribution in [1.82, 2.24) is 5.59 Å². The molecule has 0 bridgehead atoms. The van der Waals surface area contributed by atoms with Crippen molar-refractivity contribution in [3.05, 3.63) is 35.2 Å².